The Morgan fingerprint density at radius 3 is 2.71 bits per heavy atom. The van der Waals surface area contributed by atoms with Crippen molar-refractivity contribution in [2.45, 2.75) is 30.7 Å². The normalized spacial score (nSPS) is 17.5. The summed E-state index contributed by atoms with van der Waals surface area (Å²) in [5.41, 5.74) is 0. The maximum Gasteiger partial charge on any atom is 0.151 e. The molecule has 0 amide bonds. The molecule has 1 heterocycles. The molecule has 0 aromatic carbocycles. The molecule has 76 valence electrons. The van der Waals surface area contributed by atoms with E-state index in [1.807, 2.05) is 6.07 Å². The molecule has 4 heteroatoms. The van der Waals surface area contributed by atoms with Crippen molar-refractivity contribution in [1.82, 2.24) is 10.2 Å². The Balaban J connectivity index is 1.82. The van der Waals surface area contributed by atoms with Crippen LogP contribution in [0.3, 0.4) is 0 Å². The van der Waals surface area contributed by atoms with E-state index in [1.165, 1.54) is 31.4 Å². The Labute approximate surface area is 93.4 Å². The third-order valence-corrected chi connectivity index (χ3v) is 3.90. The highest BCUT2D eigenvalue weighted by atomic mass is 35.5. The first-order valence-electron chi connectivity index (χ1n) is 4.96. The van der Waals surface area contributed by atoms with Gasteiger partial charge in [-0.3, -0.25) is 0 Å². The molecule has 1 fully saturated rings. The molecule has 14 heavy (non-hydrogen) atoms. The highest BCUT2D eigenvalue weighted by Crippen LogP contribution is 2.30. The van der Waals surface area contributed by atoms with E-state index in [-0.39, 0.29) is 0 Å². The highest BCUT2D eigenvalue weighted by molar-refractivity contribution is 7.99. The first-order chi connectivity index (χ1) is 6.84. The molecule has 1 aliphatic carbocycles. The van der Waals surface area contributed by atoms with Crippen LogP contribution in [0.4, 0.5) is 0 Å². The van der Waals surface area contributed by atoms with Crippen LogP contribution in [0.2, 0.25) is 5.15 Å². The summed E-state index contributed by atoms with van der Waals surface area (Å²) in [5, 5.41) is 9.29. The molecular formula is C10H13ClN2S. The summed E-state index contributed by atoms with van der Waals surface area (Å²) < 4.78 is 0. The molecule has 0 spiro atoms. The summed E-state index contributed by atoms with van der Waals surface area (Å²) in [7, 11) is 0. The molecule has 1 aromatic heterocycles. The summed E-state index contributed by atoms with van der Waals surface area (Å²) in [6.07, 6.45) is 5.57. The lowest BCUT2D eigenvalue weighted by Crippen LogP contribution is -1.97. The summed E-state index contributed by atoms with van der Waals surface area (Å²) in [5.74, 6) is 2.06. The molecule has 1 aromatic rings. The number of hydrogen-bond acceptors (Lipinski definition) is 3. The Bertz CT molecular complexity index is 283. The molecule has 0 bridgehead atoms. The van der Waals surface area contributed by atoms with Crippen LogP contribution in [0.25, 0.3) is 0 Å². The van der Waals surface area contributed by atoms with Crippen molar-refractivity contribution in [1.29, 1.82) is 0 Å². The molecule has 0 aliphatic heterocycles. The van der Waals surface area contributed by atoms with E-state index in [2.05, 4.69) is 10.2 Å². The Morgan fingerprint density at radius 2 is 2.07 bits per heavy atom. The maximum atomic E-state index is 5.66. The molecule has 2 nitrogen and oxygen atoms in total. The molecule has 0 atom stereocenters. The van der Waals surface area contributed by atoms with Crippen molar-refractivity contribution >= 4 is 23.4 Å². The van der Waals surface area contributed by atoms with Gasteiger partial charge in [0, 0.05) is 5.75 Å². The van der Waals surface area contributed by atoms with Crippen LogP contribution in [0.5, 0.6) is 0 Å². The highest BCUT2D eigenvalue weighted by Gasteiger charge is 2.15. The molecule has 0 N–H and O–H groups in total. The standard InChI is InChI=1S/C10H13ClN2S/c11-9-5-6-10(13-12-9)14-7-8-3-1-2-4-8/h5-6,8H,1-4,7H2. The second-order valence-corrected chi connectivity index (χ2v) is 5.08. The second kappa shape index (κ2) is 4.99. The lowest BCUT2D eigenvalue weighted by Gasteiger charge is -2.06. The van der Waals surface area contributed by atoms with E-state index < -0.39 is 0 Å². The third kappa shape index (κ3) is 2.85. The van der Waals surface area contributed by atoms with Crippen molar-refractivity contribution in [3.05, 3.63) is 17.3 Å². The SMILES string of the molecule is Clc1ccc(SCC2CCCC2)nn1. The monoisotopic (exact) mass is 228 g/mol. The minimum Gasteiger partial charge on any atom is -0.143 e. The third-order valence-electron chi connectivity index (χ3n) is 2.55. The van der Waals surface area contributed by atoms with Crippen molar-refractivity contribution in [2.24, 2.45) is 5.92 Å². The first kappa shape index (κ1) is 10.2. The quantitative estimate of drug-likeness (QED) is 0.742. The van der Waals surface area contributed by atoms with Crippen LogP contribution in [-0.2, 0) is 0 Å². The predicted molar refractivity (Wildman–Crippen MR) is 59.7 cm³/mol. The van der Waals surface area contributed by atoms with Gasteiger partial charge in [-0.05, 0) is 30.9 Å². The Kier molecular flexibility index (Phi) is 3.65. The summed E-state index contributed by atoms with van der Waals surface area (Å²) in [4.78, 5) is 0. The number of thioether (sulfide) groups is 1. The number of nitrogens with zero attached hydrogens (tertiary/aromatic N) is 2. The zero-order valence-corrected chi connectivity index (χ0v) is 9.52. The Hall–Kier alpha value is -0.280. The topological polar surface area (TPSA) is 25.8 Å². The smallest absolute Gasteiger partial charge is 0.143 e. The van der Waals surface area contributed by atoms with Gasteiger partial charge in [-0.15, -0.1) is 22.0 Å². The molecule has 1 saturated carbocycles. The zero-order valence-electron chi connectivity index (χ0n) is 7.95. The largest absolute Gasteiger partial charge is 0.151 e. The van der Waals surface area contributed by atoms with Gasteiger partial charge in [0.25, 0.3) is 0 Å². The first-order valence-corrected chi connectivity index (χ1v) is 6.33. The van der Waals surface area contributed by atoms with E-state index in [0.29, 0.717) is 5.15 Å². The lowest BCUT2D eigenvalue weighted by atomic mass is 10.1. The van der Waals surface area contributed by atoms with Crippen LogP contribution < -0.4 is 0 Å². The van der Waals surface area contributed by atoms with Gasteiger partial charge in [0.1, 0.15) is 5.03 Å². The molecular weight excluding hydrogens is 216 g/mol. The van der Waals surface area contributed by atoms with Crippen LogP contribution >= 0.6 is 23.4 Å². The van der Waals surface area contributed by atoms with Gasteiger partial charge in [-0.25, -0.2) is 0 Å². The van der Waals surface area contributed by atoms with Gasteiger partial charge in [0.05, 0.1) is 0 Å². The van der Waals surface area contributed by atoms with E-state index in [0.717, 1.165) is 10.9 Å². The summed E-state index contributed by atoms with van der Waals surface area (Å²) in [6.45, 7) is 0. The minimum absolute atomic E-state index is 0.468. The zero-order chi connectivity index (χ0) is 9.80. The van der Waals surface area contributed by atoms with E-state index >= 15 is 0 Å². The number of rotatable bonds is 3. The molecule has 2 rings (SSSR count). The number of aromatic nitrogens is 2. The number of halogens is 1. The number of hydrogen-bond donors (Lipinski definition) is 0. The fourth-order valence-corrected chi connectivity index (χ4v) is 2.86. The fourth-order valence-electron chi connectivity index (χ4n) is 1.76. The summed E-state index contributed by atoms with van der Waals surface area (Å²) in [6, 6.07) is 3.74. The lowest BCUT2D eigenvalue weighted by molar-refractivity contribution is 0.622. The van der Waals surface area contributed by atoms with Crippen molar-refractivity contribution < 1.29 is 0 Å². The van der Waals surface area contributed by atoms with Crippen LogP contribution in [-0.4, -0.2) is 16.0 Å². The molecule has 0 saturated heterocycles. The molecule has 0 radical (unpaired) electrons. The van der Waals surface area contributed by atoms with Crippen molar-refractivity contribution in [2.75, 3.05) is 5.75 Å². The van der Waals surface area contributed by atoms with Gasteiger partial charge in [0.2, 0.25) is 0 Å². The molecule has 0 unspecified atom stereocenters. The van der Waals surface area contributed by atoms with E-state index in [4.69, 9.17) is 11.6 Å². The van der Waals surface area contributed by atoms with Crippen LogP contribution in [0.15, 0.2) is 17.2 Å². The second-order valence-electron chi connectivity index (χ2n) is 3.66. The average Bonchev–Trinajstić information content (AvgIpc) is 2.70. The predicted octanol–water partition coefficient (Wildman–Crippen LogP) is 3.41. The van der Waals surface area contributed by atoms with Gasteiger partial charge < -0.3 is 0 Å². The fraction of sp³-hybridized carbons (Fsp3) is 0.600. The Morgan fingerprint density at radius 1 is 1.29 bits per heavy atom. The summed E-state index contributed by atoms with van der Waals surface area (Å²) >= 11 is 7.45. The van der Waals surface area contributed by atoms with Crippen LogP contribution in [0.1, 0.15) is 25.7 Å². The van der Waals surface area contributed by atoms with Gasteiger partial charge >= 0.3 is 0 Å². The van der Waals surface area contributed by atoms with E-state index in [9.17, 15) is 0 Å². The van der Waals surface area contributed by atoms with Gasteiger partial charge in [-0.2, -0.15) is 0 Å². The molecule has 1 aliphatic rings. The van der Waals surface area contributed by atoms with Gasteiger partial charge in [-0.1, -0.05) is 24.4 Å². The van der Waals surface area contributed by atoms with Gasteiger partial charge in [0.15, 0.2) is 5.15 Å². The average molecular weight is 229 g/mol. The minimum atomic E-state index is 0.468. The maximum absolute atomic E-state index is 5.66. The van der Waals surface area contributed by atoms with Crippen molar-refractivity contribution in [3.8, 4) is 0 Å². The van der Waals surface area contributed by atoms with Crippen molar-refractivity contribution in [3.63, 3.8) is 0 Å². The van der Waals surface area contributed by atoms with Crippen LogP contribution in [0, 0.1) is 5.92 Å². The van der Waals surface area contributed by atoms with E-state index in [1.54, 1.807) is 17.8 Å².